The molecular formula is C21H26N4O4. The van der Waals surface area contributed by atoms with Crippen LogP contribution in [-0.4, -0.2) is 48.6 Å². The van der Waals surface area contributed by atoms with Crippen LogP contribution in [0.3, 0.4) is 0 Å². The molecule has 1 aliphatic heterocycles. The Morgan fingerprint density at radius 2 is 1.83 bits per heavy atom. The van der Waals surface area contributed by atoms with Gasteiger partial charge in [-0.25, -0.2) is 9.78 Å². The third kappa shape index (κ3) is 5.16. The second kappa shape index (κ2) is 9.77. The number of rotatable bonds is 6. The Kier molecular flexibility index (Phi) is 6.89. The number of ether oxygens (including phenoxy) is 2. The van der Waals surface area contributed by atoms with Crippen LogP contribution in [-0.2, 0) is 4.79 Å². The van der Waals surface area contributed by atoms with E-state index in [0.717, 1.165) is 0 Å². The molecule has 3 amide bonds. The van der Waals surface area contributed by atoms with Crippen molar-refractivity contribution in [3.05, 3.63) is 42.6 Å². The van der Waals surface area contributed by atoms with E-state index in [1.807, 2.05) is 25.1 Å². The van der Waals surface area contributed by atoms with Gasteiger partial charge in [0.15, 0.2) is 0 Å². The normalized spacial score (nSPS) is 14.2. The number of urea groups is 1. The zero-order chi connectivity index (χ0) is 20.6. The van der Waals surface area contributed by atoms with E-state index in [0.29, 0.717) is 55.5 Å². The summed E-state index contributed by atoms with van der Waals surface area (Å²) in [6.45, 7) is 3.33. The number of benzene rings is 1. The average Bonchev–Trinajstić information content (AvgIpc) is 2.75. The standard InChI is InChI=1S/C21H26N4O4/c1-3-29-20-17(8-6-12-22-20)24-21(27)25-13-10-15(11-14-25)19(26)23-16-7-4-5-9-18(16)28-2/h4-9,12,15H,3,10-11,13-14H2,1-2H3,(H,23,26)(H,24,27). The maximum atomic E-state index is 12.6. The number of para-hydroxylation sites is 2. The first-order valence-corrected chi connectivity index (χ1v) is 9.70. The highest BCUT2D eigenvalue weighted by atomic mass is 16.5. The van der Waals surface area contributed by atoms with Crippen molar-refractivity contribution in [1.82, 2.24) is 9.88 Å². The van der Waals surface area contributed by atoms with Crippen LogP contribution in [0.2, 0.25) is 0 Å². The number of nitrogens with zero attached hydrogens (tertiary/aromatic N) is 2. The number of carbonyl (C=O) groups excluding carboxylic acids is 2. The van der Waals surface area contributed by atoms with Gasteiger partial charge in [-0.2, -0.15) is 0 Å². The van der Waals surface area contributed by atoms with Gasteiger partial charge >= 0.3 is 6.03 Å². The third-order valence-corrected chi connectivity index (χ3v) is 4.81. The molecule has 1 saturated heterocycles. The number of likely N-dealkylation sites (tertiary alicyclic amines) is 1. The largest absolute Gasteiger partial charge is 0.495 e. The number of amides is 3. The molecule has 2 aromatic rings. The second-order valence-electron chi connectivity index (χ2n) is 6.67. The molecule has 0 atom stereocenters. The van der Waals surface area contributed by atoms with Gasteiger partial charge in [0, 0.05) is 25.2 Å². The first-order chi connectivity index (χ1) is 14.1. The lowest BCUT2D eigenvalue weighted by atomic mass is 9.96. The SMILES string of the molecule is CCOc1ncccc1NC(=O)N1CCC(C(=O)Nc2ccccc2OC)CC1. The Morgan fingerprint density at radius 3 is 2.55 bits per heavy atom. The number of nitrogens with one attached hydrogen (secondary N) is 2. The van der Waals surface area contributed by atoms with Gasteiger partial charge in [0.05, 0.1) is 19.4 Å². The molecule has 1 aromatic heterocycles. The molecule has 3 rings (SSSR count). The summed E-state index contributed by atoms with van der Waals surface area (Å²) in [6.07, 6.45) is 2.81. The van der Waals surface area contributed by atoms with Crippen molar-refractivity contribution in [2.75, 3.05) is 37.4 Å². The van der Waals surface area contributed by atoms with Crippen LogP contribution < -0.4 is 20.1 Å². The fourth-order valence-electron chi connectivity index (χ4n) is 3.26. The molecule has 2 N–H and O–H groups in total. The molecule has 0 bridgehead atoms. The van der Waals surface area contributed by atoms with Gasteiger partial charge in [-0.1, -0.05) is 12.1 Å². The van der Waals surface area contributed by atoms with Crippen LogP contribution in [0.5, 0.6) is 11.6 Å². The summed E-state index contributed by atoms with van der Waals surface area (Å²) in [5.41, 5.74) is 1.19. The number of hydrogen-bond donors (Lipinski definition) is 2. The molecule has 0 radical (unpaired) electrons. The van der Waals surface area contributed by atoms with E-state index in [9.17, 15) is 9.59 Å². The number of hydrogen-bond acceptors (Lipinski definition) is 5. The summed E-state index contributed by atoms with van der Waals surface area (Å²) in [4.78, 5) is 31.0. The van der Waals surface area contributed by atoms with Crippen molar-refractivity contribution in [2.45, 2.75) is 19.8 Å². The molecule has 1 fully saturated rings. The summed E-state index contributed by atoms with van der Waals surface area (Å²) in [5.74, 6) is 0.815. The monoisotopic (exact) mass is 398 g/mol. The molecule has 0 spiro atoms. The Bertz CT molecular complexity index is 850. The lowest BCUT2D eigenvalue weighted by Crippen LogP contribution is -2.43. The molecule has 2 heterocycles. The van der Waals surface area contributed by atoms with Crippen molar-refractivity contribution in [3.63, 3.8) is 0 Å². The van der Waals surface area contributed by atoms with E-state index in [2.05, 4.69) is 15.6 Å². The predicted octanol–water partition coefficient (Wildman–Crippen LogP) is 3.37. The van der Waals surface area contributed by atoms with Crippen LogP contribution in [0.4, 0.5) is 16.2 Å². The van der Waals surface area contributed by atoms with Crippen molar-refractivity contribution in [2.24, 2.45) is 5.92 Å². The van der Waals surface area contributed by atoms with E-state index < -0.39 is 0 Å². The third-order valence-electron chi connectivity index (χ3n) is 4.81. The van der Waals surface area contributed by atoms with Gasteiger partial charge in [0.25, 0.3) is 0 Å². The molecule has 0 saturated carbocycles. The number of anilines is 2. The van der Waals surface area contributed by atoms with Gasteiger partial charge in [0.2, 0.25) is 11.8 Å². The Hall–Kier alpha value is -3.29. The van der Waals surface area contributed by atoms with E-state index in [-0.39, 0.29) is 17.9 Å². The van der Waals surface area contributed by atoms with Gasteiger partial charge in [0.1, 0.15) is 11.4 Å². The number of piperidine rings is 1. The van der Waals surface area contributed by atoms with Crippen molar-refractivity contribution in [3.8, 4) is 11.6 Å². The lowest BCUT2D eigenvalue weighted by molar-refractivity contribution is -0.121. The Balaban J connectivity index is 1.53. The van der Waals surface area contributed by atoms with E-state index in [1.165, 1.54) is 0 Å². The average molecular weight is 398 g/mol. The molecule has 29 heavy (non-hydrogen) atoms. The highest BCUT2D eigenvalue weighted by molar-refractivity contribution is 5.94. The maximum Gasteiger partial charge on any atom is 0.321 e. The second-order valence-corrected chi connectivity index (χ2v) is 6.67. The Morgan fingerprint density at radius 1 is 1.10 bits per heavy atom. The minimum atomic E-state index is -0.220. The summed E-state index contributed by atoms with van der Waals surface area (Å²) < 4.78 is 10.7. The molecule has 1 aromatic carbocycles. The number of methoxy groups -OCH3 is 1. The molecular weight excluding hydrogens is 372 g/mol. The fourth-order valence-corrected chi connectivity index (χ4v) is 3.26. The zero-order valence-corrected chi connectivity index (χ0v) is 16.7. The Labute approximate surface area is 170 Å². The minimum absolute atomic E-state index is 0.0551. The van der Waals surface area contributed by atoms with Crippen LogP contribution in [0.25, 0.3) is 0 Å². The van der Waals surface area contributed by atoms with Crippen molar-refractivity contribution in [1.29, 1.82) is 0 Å². The van der Waals surface area contributed by atoms with E-state index >= 15 is 0 Å². The van der Waals surface area contributed by atoms with Crippen LogP contribution in [0, 0.1) is 5.92 Å². The number of aromatic nitrogens is 1. The summed E-state index contributed by atoms with van der Waals surface area (Å²) >= 11 is 0. The van der Waals surface area contributed by atoms with E-state index in [4.69, 9.17) is 9.47 Å². The smallest absolute Gasteiger partial charge is 0.321 e. The molecule has 154 valence electrons. The molecule has 0 aliphatic carbocycles. The molecule has 8 heteroatoms. The summed E-state index contributed by atoms with van der Waals surface area (Å²) in [7, 11) is 1.57. The zero-order valence-electron chi connectivity index (χ0n) is 16.7. The quantitative estimate of drug-likeness (QED) is 0.778. The number of pyridine rings is 1. The van der Waals surface area contributed by atoms with Gasteiger partial charge in [-0.05, 0) is 44.0 Å². The molecule has 1 aliphatic rings. The van der Waals surface area contributed by atoms with E-state index in [1.54, 1.807) is 36.4 Å². The molecule has 0 unspecified atom stereocenters. The van der Waals surface area contributed by atoms with Crippen LogP contribution >= 0.6 is 0 Å². The fraction of sp³-hybridized carbons (Fsp3) is 0.381. The topological polar surface area (TPSA) is 92.8 Å². The predicted molar refractivity (Wildman–Crippen MR) is 110 cm³/mol. The minimum Gasteiger partial charge on any atom is -0.495 e. The van der Waals surface area contributed by atoms with Gasteiger partial charge in [-0.3, -0.25) is 4.79 Å². The summed E-state index contributed by atoms with van der Waals surface area (Å²) in [6, 6.07) is 10.6. The highest BCUT2D eigenvalue weighted by Gasteiger charge is 2.28. The van der Waals surface area contributed by atoms with Gasteiger partial charge < -0.3 is 25.0 Å². The maximum absolute atomic E-state index is 12.6. The van der Waals surface area contributed by atoms with Crippen LogP contribution in [0.15, 0.2) is 42.6 Å². The van der Waals surface area contributed by atoms with Crippen LogP contribution in [0.1, 0.15) is 19.8 Å². The van der Waals surface area contributed by atoms with Crippen molar-refractivity contribution >= 4 is 23.3 Å². The van der Waals surface area contributed by atoms with Crippen molar-refractivity contribution < 1.29 is 19.1 Å². The number of carbonyl (C=O) groups is 2. The highest BCUT2D eigenvalue weighted by Crippen LogP contribution is 2.26. The first-order valence-electron chi connectivity index (χ1n) is 9.70. The summed E-state index contributed by atoms with van der Waals surface area (Å²) in [5, 5.41) is 5.78. The van der Waals surface area contributed by atoms with Gasteiger partial charge in [-0.15, -0.1) is 0 Å². The lowest BCUT2D eigenvalue weighted by Gasteiger charge is -2.31. The molecule has 8 nitrogen and oxygen atoms in total. The first kappa shape index (κ1) is 20.4.